The smallest absolute Gasteiger partial charge is 0.313 e. The van der Waals surface area contributed by atoms with Gasteiger partial charge in [0.1, 0.15) is 0 Å². The molecule has 0 N–H and O–H groups in total. The number of esters is 2. The molecule has 21 heavy (non-hydrogen) atoms. The van der Waals surface area contributed by atoms with Crippen LogP contribution in [0.2, 0.25) is 0 Å². The van der Waals surface area contributed by atoms with Crippen molar-refractivity contribution >= 4 is 11.9 Å². The summed E-state index contributed by atoms with van der Waals surface area (Å²) in [5.41, 5.74) is -1.53. The molecular formula is C17H26O4. The van der Waals surface area contributed by atoms with Gasteiger partial charge in [0.25, 0.3) is 0 Å². The van der Waals surface area contributed by atoms with Gasteiger partial charge in [-0.1, -0.05) is 38.8 Å². The van der Waals surface area contributed by atoms with Crippen LogP contribution in [0.15, 0.2) is 12.2 Å². The highest BCUT2D eigenvalue weighted by Gasteiger charge is 2.72. The SMILES string of the molecule is CCCC1(C(=O)OC)C2C=CC(C2)C1(CCC)C(=O)OC. The number of rotatable bonds is 6. The Kier molecular flexibility index (Phi) is 4.45. The Bertz CT molecular complexity index is 416. The molecule has 2 aliphatic rings. The second-order valence-corrected chi connectivity index (χ2v) is 6.26. The van der Waals surface area contributed by atoms with Crippen LogP contribution in [-0.2, 0) is 19.1 Å². The van der Waals surface area contributed by atoms with E-state index in [2.05, 4.69) is 12.2 Å². The van der Waals surface area contributed by atoms with E-state index in [1.165, 1.54) is 14.2 Å². The number of fused-ring (bicyclic) bond motifs is 2. The van der Waals surface area contributed by atoms with Crippen LogP contribution in [0, 0.1) is 22.7 Å². The topological polar surface area (TPSA) is 52.6 Å². The van der Waals surface area contributed by atoms with Gasteiger partial charge in [0.15, 0.2) is 0 Å². The molecule has 2 rings (SSSR count). The minimum atomic E-state index is -0.765. The first kappa shape index (κ1) is 16.1. The summed E-state index contributed by atoms with van der Waals surface area (Å²) in [6.07, 6.45) is 8.08. The molecule has 4 unspecified atom stereocenters. The fourth-order valence-corrected chi connectivity index (χ4v) is 4.93. The van der Waals surface area contributed by atoms with Crippen molar-refractivity contribution in [2.75, 3.05) is 14.2 Å². The van der Waals surface area contributed by atoms with Crippen LogP contribution >= 0.6 is 0 Å². The first-order chi connectivity index (χ1) is 10.0. The van der Waals surface area contributed by atoms with Gasteiger partial charge in [-0.05, 0) is 31.1 Å². The molecule has 4 heteroatoms. The number of carbonyl (C=O) groups is 2. The maximum atomic E-state index is 12.8. The van der Waals surface area contributed by atoms with Crippen molar-refractivity contribution in [3.8, 4) is 0 Å². The van der Waals surface area contributed by atoms with Crippen molar-refractivity contribution in [1.82, 2.24) is 0 Å². The third kappa shape index (κ3) is 1.87. The summed E-state index contributed by atoms with van der Waals surface area (Å²) >= 11 is 0. The number of hydrogen-bond acceptors (Lipinski definition) is 4. The van der Waals surface area contributed by atoms with Gasteiger partial charge in [-0.15, -0.1) is 0 Å². The molecule has 0 spiro atoms. The van der Waals surface area contributed by atoms with Gasteiger partial charge >= 0.3 is 11.9 Å². The van der Waals surface area contributed by atoms with E-state index in [4.69, 9.17) is 9.47 Å². The Balaban J connectivity index is 2.64. The van der Waals surface area contributed by atoms with Gasteiger partial charge < -0.3 is 9.47 Å². The van der Waals surface area contributed by atoms with E-state index in [1.807, 2.05) is 13.8 Å². The van der Waals surface area contributed by atoms with E-state index in [0.717, 1.165) is 19.3 Å². The second kappa shape index (κ2) is 5.82. The lowest BCUT2D eigenvalue weighted by Gasteiger charge is -2.47. The van der Waals surface area contributed by atoms with E-state index < -0.39 is 10.8 Å². The maximum absolute atomic E-state index is 12.8. The van der Waals surface area contributed by atoms with Crippen molar-refractivity contribution in [2.45, 2.75) is 46.0 Å². The molecule has 0 radical (unpaired) electrons. The van der Waals surface area contributed by atoms with E-state index in [-0.39, 0.29) is 23.8 Å². The summed E-state index contributed by atoms with van der Waals surface area (Å²) in [5, 5.41) is 0. The Labute approximate surface area is 126 Å². The number of ether oxygens (including phenoxy) is 2. The largest absolute Gasteiger partial charge is 0.469 e. The van der Waals surface area contributed by atoms with Gasteiger partial charge in [-0.2, -0.15) is 0 Å². The number of methoxy groups -OCH3 is 2. The number of allylic oxidation sites excluding steroid dienone is 2. The zero-order valence-electron chi connectivity index (χ0n) is 13.5. The zero-order chi connectivity index (χ0) is 15.7. The molecule has 0 aromatic heterocycles. The highest BCUT2D eigenvalue weighted by molar-refractivity contribution is 5.91. The van der Waals surface area contributed by atoms with Crippen LogP contribution in [0.1, 0.15) is 46.0 Å². The quantitative estimate of drug-likeness (QED) is 0.558. The van der Waals surface area contributed by atoms with Gasteiger partial charge in [-0.3, -0.25) is 9.59 Å². The molecule has 2 bridgehead atoms. The molecule has 4 nitrogen and oxygen atoms in total. The van der Waals surface area contributed by atoms with Gasteiger partial charge in [0.2, 0.25) is 0 Å². The highest BCUT2D eigenvalue weighted by atomic mass is 16.5. The van der Waals surface area contributed by atoms with E-state index in [0.29, 0.717) is 12.8 Å². The van der Waals surface area contributed by atoms with Crippen molar-refractivity contribution in [1.29, 1.82) is 0 Å². The predicted molar refractivity (Wildman–Crippen MR) is 79.5 cm³/mol. The standard InChI is InChI=1S/C17H26O4/c1-5-9-16(14(18)20-3)12-7-8-13(11-12)17(16,10-6-2)15(19)21-4/h7-8,12-13H,5-6,9-11H2,1-4H3. The molecule has 1 fully saturated rings. The summed E-state index contributed by atoms with van der Waals surface area (Å²) in [6, 6.07) is 0. The van der Waals surface area contributed by atoms with Crippen molar-refractivity contribution in [3.63, 3.8) is 0 Å². The molecule has 2 aliphatic carbocycles. The third-order valence-corrected chi connectivity index (χ3v) is 5.53. The molecule has 0 aliphatic heterocycles. The minimum absolute atomic E-state index is 0.0838. The second-order valence-electron chi connectivity index (χ2n) is 6.26. The van der Waals surface area contributed by atoms with Crippen LogP contribution in [0.25, 0.3) is 0 Å². The minimum Gasteiger partial charge on any atom is -0.469 e. The average Bonchev–Trinajstić information content (AvgIpc) is 3.07. The van der Waals surface area contributed by atoms with Crippen LogP contribution in [-0.4, -0.2) is 26.2 Å². The molecule has 1 saturated carbocycles. The monoisotopic (exact) mass is 294 g/mol. The Hall–Kier alpha value is -1.32. The van der Waals surface area contributed by atoms with E-state index >= 15 is 0 Å². The van der Waals surface area contributed by atoms with Crippen molar-refractivity contribution < 1.29 is 19.1 Å². The summed E-state index contributed by atoms with van der Waals surface area (Å²) in [5.74, 6) is -0.332. The normalized spacial score (nSPS) is 36.8. The Morgan fingerprint density at radius 3 is 1.62 bits per heavy atom. The Morgan fingerprint density at radius 1 is 0.952 bits per heavy atom. The average molecular weight is 294 g/mol. The highest BCUT2D eigenvalue weighted by Crippen LogP contribution is 2.68. The third-order valence-electron chi connectivity index (χ3n) is 5.53. The van der Waals surface area contributed by atoms with Crippen LogP contribution in [0.3, 0.4) is 0 Å². The fourth-order valence-electron chi connectivity index (χ4n) is 4.93. The summed E-state index contributed by atoms with van der Waals surface area (Å²) in [7, 11) is 2.84. The predicted octanol–water partition coefficient (Wildman–Crippen LogP) is 3.11. The summed E-state index contributed by atoms with van der Waals surface area (Å²) in [4.78, 5) is 25.5. The van der Waals surface area contributed by atoms with Gasteiger partial charge in [0, 0.05) is 0 Å². The lowest BCUT2D eigenvalue weighted by molar-refractivity contribution is -0.182. The molecule has 0 saturated heterocycles. The van der Waals surface area contributed by atoms with Gasteiger partial charge in [-0.25, -0.2) is 0 Å². The first-order valence-electron chi connectivity index (χ1n) is 7.90. The maximum Gasteiger partial charge on any atom is 0.313 e. The molecule has 0 aromatic carbocycles. The number of carbonyl (C=O) groups excluding carboxylic acids is 2. The van der Waals surface area contributed by atoms with Crippen molar-refractivity contribution in [2.24, 2.45) is 22.7 Å². The molecule has 118 valence electrons. The van der Waals surface area contributed by atoms with Crippen LogP contribution < -0.4 is 0 Å². The molecule has 0 aromatic rings. The lowest BCUT2D eigenvalue weighted by atomic mass is 9.54. The number of hydrogen-bond donors (Lipinski definition) is 0. The van der Waals surface area contributed by atoms with E-state index in [1.54, 1.807) is 0 Å². The van der Waals surface area contributed by atoms with E-state index in [9.17, 15) is 9.59 Å². The van der Waals surface area contributed by atoms with Crippen LogP contribution in [0.5, 0.6) is 0 Å². The van der Waals surface area contributed by atoms with Gasteiger partial charge in [0.05, 0.1) is 25.0 Å². The summed E-state index contributed by atoms with van der Waals surface area (Å²) < 4.78 is 10.3. The molecular weight excluding hydrogens is 268 g/mol. The lowest BCUT2D eigenvalue weighted by Crippen LogP contribution is -2.56. The summed E-state index contributed by atoms with van der Waals surface area (Å²) in [6.45, 7) is 4.10. The van der Waals surface area contributed by atoms with Crippen LogP contribution in [0.4, 0.5) is 0 Å². The fraction of sp³-hybridized carbons (Fsp3) is 0.765. The Morgan fingerprint density at radius 2 is 1.33 bits per heavy atom. The molecule has 4 atom stereocenters. The first-order valence-corrected chi connectivity index (χ1v) is 7.90. The molecule has 0 heterocycles. The molecule has 0 amide bonds. The van der Waals surface area contributed by atoms with Crippen molar-refractivity contribution in [3.05, 3.63) is 12.2 Å². The zero-order valence-corrected chi connectivity index (χ0v) is 13.5.